The predicted octanol–water partition coefficient (Wildman–Crippen LogP) is 4.26. The van der Waals surface area contributed by atoms with E-state index in [0.717, 1.165) is 42.8 Å². The Hall–Kier alpha value is -2.60. The van der Waals surface area contributed by atoms with E-state index >= 15 is 0 Å². The number of hydrogen-bond donors (Lipinski definition) is 1. The van der Waals surface area contributed by atoms with Crippen molar-refractivity contribution in [3.63, 3.8) is 0 Å². The number of carbonyl (C=O) groups is 1. The van der Waals surface area contributed by atoms with Crippen molar-refractivity contribution < 1.29 is 4.79 Å². The fourth-order valence-electron chi connectivity index (χ4n) is 3.23. The van der Waals surface area contributed by atoms with Crippen LogP contribution in [0.4, 0.5) is 0 Å². The summed E-state index contributed by atoms with van der Waals surface area (Å²) < 4.78 is 1.95. The lowest BCUT2D eigenvalue weighted by Gasteiger charge is -2.15. The molecular formula is C22H22N4OS. The van der Waals surface area contributed by atoms with E-state index in [4.69, 9.17) is 10.1 Å². The van der Waals surface area contributed by atoms with Gasteiger partial charge in [0, 0.05) is 12.0 Å². The molecule has 1 aromatic heterocycles. The van der Waals surface area contributed by atoms with Crippen molar-refractivity contribution in [3.05, 3.63) is 72.1 Å². The van der Waals surface area contributed by atoms with Crippen LogP contribution < -0.4 is 5.32 Å². The molecule has 2 aromatic carbocycles. The van der Waals surface area contributed by atoms with Crippen LogP contribution in [-0.4, -0.2) is 26.7 Å². The average Bonchev–Trinajstić information content (AvgIpc) is 3.67. The minimum Gasteiger partial charge on any atom is -0.352 e. The first kappa shape index (κ1) is 17.5. The molecule has 142 valence electrons. The number of amides is 1. The number of nitrogens with zero attached hydrogens (tertiary/aromatic N) is 3. The second-order valence-corrected chi connectivity index (χ2v) is 8.54. The Morgan fingerprint density at radius 3 is 2.32 bits per heavy atom. The van der Waals surface area contributed by atoms with E-state index in [9.17, 15) is 4.79 Å². The van der Waals surface area contributed by atoms with Gasteiger partial charge >= 0.3 is 0 Å². The molecule has 6 heteroatoms. The summed E-state index contributed by atoms with van der Waals surface area (Å²) in [7, 11) is 0. The van der Waals surface area contributed by atoms with Crippen LogP contribution >= 0.6 is 11.8 Å². The van der Waals surface area contributed by atoms with Crippen molar-refractivity contribution in [1.82, 2.24) is 20.1 Å². The predicted molar refractivity (Wildman–Crippen MR) is 110 cm³/mol. The molecule has 1 atom stereocenters. The molecule has 2 fully saturated rings. The molecule has 3 aromatic rings. The molecule has 0 saturated heterocycles. The lowest BCUT2D eigenvalue weighted by molar-refractivity contribution is -0.120. The highest BCUT2D eigenvalue weighted by Gasteiger charge is 2.33. The Balaban J connectivity index is 1.46. The molecule has 0 bridgehead atoms. The van der Waals surface area contributed by atoms with Crippen LogP contribution in [-0.2, 0) is 4.79 Å². The number of aromatic nitrogens is 3. The fourth-order valence-corrected chi connectivity index (χ4v) is 4.18. The van der Waals surface area contributed by atoms with Gasteiger partial charge in [0.2, 0.25) is 11.1 Å². The molecule has 0 aliphatic heterocycles. The molecule has 2 aliphatic carbocycles. The third kappa shape index (κ3) is 3.83. The molecule has 28 heavy (non-hydrogen) atoms. The average molecular weight is 391 g/mol. The van der Waals surface area contributed by atoms with Crippen molar-refractivity contribution in [3.8, 4) is 5.69 Å². The summed E-state index contributed by atoms with van der Waals surface area (Å²) in [6.07, 6.45) is 4.45. The van der Waals surface area contributed by atoms with Gasteiger partial charge in [-0.2, -0.15) is 0 Å². The van der Waals surface area contributed by atoms with Crippen LogP contribution in [0.15, 0.2) is 65.8 Å². The van der Waals surface area contributed by atoms with E-state index in [-0.39, 0.29) is 11.2 Å². The molecule has 1 unspecified atom stereocenters. The fraction of sp³-hybridized carbons (Fsp3) is 0.318. The zero-order valence-corrected chi connectivity index (χ0v) is 16.3. The third-order valence-electron chi connectivity index (χ3n) is 5.04. The second-order valence-electron chi connectivity index (χ2n) is 7.47. The van der Waals surface area contributed by atoms with Gasteiger partial charge in [0.15, 0.2) is 0 Å². The molecule has 0 radical (unpaired) electrons. The zero-order valence-electron chi connectivity index (χ0n) is 15.5. The molecule has 0 spiro atoms. The van der Waals surface area contributed by atoms with Crippen molar-refractivity contribution in [2.75, 3.05) is 0 Å². The van der Waals surface area contributed by atoms with Crippen molar-refractivity contribution in [1.29, 1.82) is 0 Å². The summed E-state index contributed by atoms with van der Waals surface area (Å²) in [4.78, 5) is 17.7. The van der Waals surface area contributed by atoms with E-state index in [1.807, 2.05) is 65.3 Å². The van der Waals surface area contributed by atoms with Gasteiger partial charge in [0.05, 0.1) is 5.69 Å². The Morgan fingerprint density at radius 1 is 1.00 bits per heavy atom. The first-order valence-corrected chi connectivity index (χ1v) is 10.7. The Kier molecular flexibility index (Phi) is 4.64. The summed E-state index contributed by atoms with van der Waals surface area (Å²) in [5, 5.41) is 8.22. The van der Waals surface area contributed by atoms with Gasteiger partial charge in [0.1, 0.15) is 11.1 Å². The summed E-state index contributed by atoms with van der Waals surface area (Å²) >= 11 is 1.44. The topological polar surface area (TPSA) is 59.8 Å². The van der Waals surface area contributed by atoms with E-state index in [1.165, 1.54) is 11.8 Å². The summed E-state index contributed by atoms with van der Waals surface area (Å²) in [5.74, 6) is 1.52. The maximum absolute atomic E-state index is 12.9. The number of thioether (sulfide) groups is 1. The highest BCUT2D eigenvalue weighted by Crippen LogP contribution is 2.42. The number of para-hydroxylation sites is 1. The van der Waals surface area contributed by atoms with Crippen molar-refractivity contribution in [2.45, 2.75) is 48.0 Å². The first-order valence-electron chi connectivity index (χ1n) is 9.82. The highest BCUT2D eigenvalue weighted by molar-refractivity contribution is 8.00. The molecule has 1 N–H and O–H groups in total. The zero-order chi connectivity index (χ0) is 18.9. The number of carbonyl (C=O) groups excluding carboxylic acids is 1. The standard InChI is InChI=1S/C22H22N4OS/c27-21(23-17-13-14-17)19(15-7-3-1-4-8-15)28-22-24-20(16-11-12-16)26(25-22)18-9-5-2-6-10-18/h1-10,16-17,19H,11-14H2,(H,23,27). The number of hydrogen-bond acceptors (Lipinski definition) is 4. The second kappa shape index (κ2) is 7.43. The molecular weight excluding hydrogens is 368 g/mol. The Morgan fingerprint density at radius 2 is 1.68 bits per heavy atom. The van der Waals surface area contributed by atoms with Crippen LogP contribution in [0.1, 0.15) is 48.2 Å². The van der Waals surface area contributed by atoms with Crippen LogP contribution in [0.25, 0.3) is 5.69 Å². The van der Waals surface area contributed by atoms with E-state index in [2.05, 4.69) is 5.32 Å². The van der Waals surface area contributed by atoms with Crippen molar-refractivity contribution in [2.24, 2.45) is 0 Å². The van der Waals surface area contributed by atoms with E-state index in [1.54, 1.807) is 0 Å². The Labute approximate surface area is 168 Å². The normalized spacial score (nSPS) is 17.3. The molecule has 2 aliphatic rings. The molecule has 1 heterocycles. The van der Waals surface area contributed by atoms with Crippen molar-refractivity contribution >= 4 is 17.7 Å². The van der Waals surface area contributed by atoms with Crippen LogP contribution in [0, 0.1) is 0 Å². The van der Waals surface area contributed by atoms with Gasteiger partial charge < -0.3 is 5.32 Å². The van der Waals surface area contributed by atoms with Crippen LogP contribution in [0.5, 0.6) is 0 Å². The van der Waals surface area contributed by atoms with Gasteiger partial charge in [-0.15, -0.1) is 5.10 Å². The SMILES string of the molecule is O=C(NC1CC1)C(Sc1nc(C2CC2)n(-c2ccccc2)n1)c1ccccc1. The highest BCUT2D eigenvalue weighted by atomic mass is 32.2. The van der Waals surface area contributed by atoms with Crippen LogP contribution in [0.3, 0.4) is 0 Å². The lowest BCUT2D eigenvalue weighted by Crippen LogP contribution is -2.29. The number of benzene rings is 2. The van der Waals surface area contributed by atoms with Gasteiger partial charge in [-0.3, -0.25) is 4.79 Å². The Bertz CT molecular complexity index is 965. The number of rotatable bonds is 7. The molecule has 1 amide bonds. The van der Waals surface area contributed by atoms with Gasteiger partial charge in [0.25, 0.3) is 0 Å². The largest absolute Gasteiger partial charge is 0.352 e. The summed E-state index contributed by atoms with van der Waals surface area (Å²) in [6.45, 7) is 0. The number of nitrogens with one attached hydrogen (secondary N) is 1. The maximum atomic E-state index is 12.9. The van der Waals surface area contributed by atoms with E-state index < -0.39 is 0 Å². The summed E-state index contributed by atoms with van der Waals surface area (Å²) in [6, 6.07) is 20.4. The molecule has 5 nitrogen and oxygen atoms in total. The maximum Gasteiger partial charge on any atom is 0.238 e. The van der Waals surface area contributed by atoms with Crippen LogP contribution in [0.2, 0.25) is 0 Å². The van der Waals surface area contributed by atoms with Gasteiger partial charge in [-0.05, 0) is 43.4 Å². The molecule has 2 saturated carbocycles. The minimum atomic E-state index is -0.347. The van der Waals surface area contributed by atoms with E-state index in [0.29, 0.717) is 17.1 Å². The minimum absolute atomic E-state index is 0.0442. The smallest absolute Gasteiger partial charge is 0.238 e. The quantitative estimate of drug-likeness (QED) is 0.613. The lowest BCUT2D eigenvalue weighted by atomic mass is 10.1. The monoisotopic (exact) mass is 390 g/mol. The molecule has 5 rings (SSSR count). The van der Waals surface area contributed by atoms with Gasteiger partial charge in [-0.25, -0.2) is 9.67 Å². The summed E-state index contributed by atoms with van der Waals surface area (Å²) in [5.41, 5.74) is 2.00. The third-order valence-corrected chi connectivity index (χ3v) is 6.15. The first-order chi connectivity index (χ1) is 13.8. The van der Waals surface area contributed by atoms with Gasteiger partial charge in [-0.1, -0.05) is 60.3 Å².